The molecule has 0 spiro atoms. The first-order valence-corrected chi connectivity index (χ1v) is 6.47. The van der Waals surface area contributed by atoms with E-state index in [1.807, 2.05) is 12.1 Å². The summed E-state index contributed by atoms with van der Waals surface area (Å²) in [6.45, 7) is 5.44. The monoisotopic (exact) mass is 305 g/mol. The molecule has 1 aromatic rings. The molecule has 0 radical (unpaired) electrons. The van der Waals surface area contributed by atoms with Gasteiger partial charge in [0.2, 0.25) is 0 Å². The minimum atomic E-state index is 0. The number of likely N-dealkylation sites (tertiary alicyclic amines) is 1. The second kappa shape index (κ2) is 8.64. The number of nitrogen functional groups attached to an aromatic ring is 1. The van der Waals surface area contributed by atoms with Crippen LogP contribution in [0, 0.1) is 5.92 Å². The molecule has 1 saturated heterocycles. The van der Waals surface area contributed by atoms with Crippen LogP contribution in [0.15, 0.2) is 24.3 Å². The normalized spacial score (nSPS) is 18.2. The second-order valence-electron chi connectivity index (χ2n) is 5.22. The van der Waals surface area contributed by atoms with E-state index >= 15 is 0 Å². The zero-order chi connectivity index (χ0) is 12.3. The largest absolute Gasteiger partial charge is 0.399 e. The summed E-state index contributed by atoms with van der Waals surface area (Å²) < 4.78 is 0. The summed E-state index contributed by atoms with van der Waals surface area (Å²) in [5.74, 6) is 0.701. The molecule has 0 bridgehead atoms. The van der Waals surface area contributed by atoms with Gasteiger partial charge in [-0.05, 0) is 56.5 Å². The molecule has 0 aromatic heterocycles. The molecule has 1 aliphatic heterocycles. The minimum absolute atomic E-state index is 0. The number of rotatable bonds is 3. The predicted octanol–water partition coefficient (Wildman–Crippen LogP) is 2.67. The minimum Gasteiger partial charge on any atom is -0.399 e. The van der Waals surface area contributed by atoms with Gasteiger partial charge in [0.15, 0.2) is 0 Å². The fourth-order valence-electron chi connectivity index (χ4n) is 2.59. The van der Waals surface area contributed by atoms with Crippen molar-refractivity contribution < 1.29 is 0 Å². The topological polar surface area (TPSA) is 55.3 Å². The van der Waals surface area contributed by atoms with E-state index in [-0.39, 0.29) is 24.8 Å². The molecule has 2 rings (SSSR count). The first-order valence-electron chi connectivity index (χ1n) is 6.47. The summed E-state index contributed by atoms with van der Waals surface area (Å²) in [6.07, 6.45) is 2.44. The lowest BCUT2D eigenvalue weighted by atomic mass is 9.91. The highest BCUT2D eigenvalue weighted by atomic mass is 35.5. The van der Waals surface area contributed by atoms with Gasteiger partial charge in [-0.3, -0.25) is 4.90 Å². The van der Waals surface area contributed by atoms with E-state index < -0.39 is 0 Å². The predicted molar refractivity (Wildman–Crippen MR) is 87.0 cm³/mol. The van der Waals surface area contributed by atoms with Gasteiger partial charge in [-0.2, -0.15) is 0 Å². The van der Waals surface area contributed by atoms with E-state index in [1.54, 1.807) is 0 Å². The van der Waals surface area contributed by atoms with Gasteiger partial charge in [0, 0.05) is 18.3 Å². The van der Waals surface area contributed by atoms with Crippen LogP contribution in [0.3, 0.4) is 0 Å². The number of halogens is 2. The second-order valence-corrected chi connectivity index (χ2v) is 5.22. The van der Waals surface area contributed by atoms with Crippen molar-refractivity contribution in [2.45, 2.75) is 32.4 Å². The third-order valence-electron chi connectivity index (χ3n) is 3.73. The number of hydrogen-bond acceptors (Lipinski definition) is 3. The van der Waals surface area contributed by atoms with Crippen LogP contribution in [0.25, 0.3) is 0 Å². The van der Waals surface area contributed by atoms with Gasteiger partial charge in [0.25, 0.3) is 0 Å². The summed E-state index contributed by atoms with van der Waals surface area (Å²) in [4.78, 5) is 2.49. The highest BCUT2D eigenvalue weighted by Gasteiger charge is 2.21. The molecule has 0 aliphatic carbocycles. The number of nitrogens with zero attached hydrogens (tertiary/aromatic N) is 1. The number of hydrogen-bond donors (Lipinski definition) is 2. The van der Waals surface area contributed by atoms with Crippen molar-refractivity contribution in [2.24, 2.45) is 11.7 Å². The van der Waals surface area contributed by atoms with Crippen LogP contribution in [0.1, 0.15) is 25.3 Å². The van der Waals surface area contributed by atoms with E-state index in [0.717, 1.165) is 25.3 Å². The molecule has 1 atom stereocenters. The lowest BCUT2D eigenvalue weighted by Crippen LogP contribution is -2.39. The Morgan fingerprint density at radius 3 is 2.42 bits per heavy atom. The molecule has 5 heteroatoms. The van der Waals surface area contributed by atoms with Crippen molar-refractivity contribution in [2.75, 3.05) is 18.8 Å². The first kappa shape index (κ1) is 18.5. The summed E-state index contributed by atoms with van der Waals surface area (Å²) in [5.41, 5.74) is 13.9. The lowest BCUT2D eigenvalue weighted by molar-refractivity contribution is 0.166. The quantitative estimate of drug-likeness (QED) is 0.844. The molecule has 19 heavy (non-hydrogen) atoms. The van der Waals surface area contributed by atoms with E-state index in [1.165, 1.54) is 18.4 Å². The Hall–Kier alpha value is -0.480. The van der Waals surface area contributed by atoms with Crippen molar-refractivity contribution in [3.63, 3.8) is 0 Å². The van der Waals surface area contributed by atoms with Gasteiger partial charge in [0.1, 0.15) is 0 Å². The zero-order valence-corrected chi connectivity index (χ0v) is 13.1. The SMILES string of the molecule is CC(N)C1CCN(Cc2cccc(N)c2)CC1.Cl.Cl. The third kappa shape index (κ3) is 5.57. The molecule has 0 amide bonds. The molecular weight excluding hydrogens is 281 g/mol. The maximum atomic E-state index is 5.95. The number of piperidine rings is 1. The summed E-state index contributed by atoms with van der Waals surface area (Å²) in [6, 6.07) is 8.51. The summed E-state index contributed by atoms with van der Waals surface area (Å²) in [7, 11) is 0. The molecule has 1 unspecified atom stereocenters. The van der Waals surface area contributed by atoms with Crippen LogP contribution in [0.5, 0.6) is 0 Å². The molecule has 1 aromatic carbocycles. The maximum absolute atomic E-state index is 5.95. The Labute approximate surface area is 128 Å². The van der Waals surface area contributed by atoms with Crippen molar-refractivity contribution in [1.82, 2.24) is 4.90 Å². The average Bonchev–Trinajstić information content (AvgIpc) is 2.29. The molecule has 1 heterocycles. The Balaban J connectivity index is 0.00000162. The van der Waals surface area contributed by atoms with Crippen molar-refractivity contribution in [3.05, 3.63) is 29.8 Å². The fraction of sp³-hybridized carbons (Fsp3) is 0.571. The van der Waals surface area contributed by atoms with Gasteiger partial charge in [-0.15, -0.1) is 24.8 Å². The Bertz CT molecular complexity index is 363. The van der Waals surface area contributed by atoms with Gasteiger partial charge in [0.05, 0.1) is 0 Å². The van der Waals surface area contributed by atoms with Crippen LogP contribution >= 0.6 is 24.8 Å². The Morgan fingerprint density at radius 2 is 1.89 bits per heavy atom. The van der Waals surface area contributed by atoms with Gasteiger partial charge < -0.3 is 11.5 Å². The highest BCUT2D eigenvalue weighted by Crippen LogP contribution is 2.21. The van der Waals surface area contributed by atoms with Crippen molar-refractivity contribution in [3.8, 4) is 0 Å². The standard InChI is InChI=1S/C14H23N3.2ClH/c1-11(15)13-5-7-17(8-6-13)10-12-3-2-4-14(16)9-12;;/h2-4,9,11,13H,5-8,10,15-16H2,1H3;2*1H. The Kier molecular flexibility index (Phi) is 8.42. The number of anilines is 1. The van der Waals surface area contributed by atoms with E-state index in [0.29, 0.717) is 12.0 Å². The van der Waals surface area contributed by atoms with Crippen LogP contribution in [0.2, 0.25) is 0 Å². The van der Waals surface area contributed by atoms with Gasteiger partial charge in [-0.25, -0.2) is 0 Å². The zero-order valence-electron chi connectivity index (χ0n) is 11.4. The summed E-state index contributed by atoms with van der Waals surface area (Å²) in [5, 5.41) is 0. The van der Waals surface area contributed by atoms with Crippen LogP contribution in [-0.4, -0.2) is 24.0 Å². The summed E-state index contributed by atoms with van der Waals surface area (Å²) >= 11 is 0. The van der Waals surface area contributed by atoms with E-state index in [2.05, 4.69) is 24.0 Å². The maximum Gasteiger partial charge on any atom is 0.0317 e. The molecule has 110 valence electrons. The molecule has 0 saturated carbocycles. The fourth-order valence-corrected chi connectivity index (χ4v) is 2.59. The average molecular weight is 306 g/mol. The van der Waals surface area contributed by atoms with E-state index in [9.17, 15) is 0 Å². The van der Waals surface area contributed by atoms with Gasteiger partial charge in [-0.1, -0.05) is 12.1 Å². The molecule has 1 aliphatic rings. The van der Waals surface area contributed by atoms with Gasteiger partial charge >= 0.3 is 0 Å². The first-order chi connectivity index (χ1) is 8.15. The van der Waals surface area contributed by atoms with Crippen LogP contribution < -0.4 is 11.5 Å². The van der Waals surface area contributed by atoms with Crippen LogP contribution in [0.4, 0.5) is 5.69 Å². The third-order valence-corrected chi connectivity index (χ3v) is 3.73. The smallest absolute Gasteiger partial charge is 0.0317 e. The Morgan fingerprint density at radius 1 is 1.26 bits per heavy atom. The van der Waals surface area contributed by atoms with Crippen LogP contribution in [-0.2, 0) is 6.54 Å². The number of benzene rings is 1. The van der Waals surface area contributed by atoms with Crippen molar-refractivity contribution in [1.29, 1.82) is 0 Å². The lowest BCUT2D eigenvalue weighted by Gasteiger charge is -2.33. The highest BCUT2D eigenvalue weighted by molar-refractivity contribution is 5.85. The molecular formula is C14H25Cl2N3. The molecule has 4 N–H and O–H groups in total. The molecule has 1 fully saturated rings. The van der Waals surface area contributed by atoms with E-state index in [4.69, 9.17) is 11.5 Å². The number of nitrogens with two attached hydrogens (primary N) is 2. The molecule has 3 nitrogen and oxygen atoms in total. The van der Waals surface area contributed by atoms with Crippen molar-refractivity contribution >= 4 is 30.5 Å².